The number of carbonyl (C=O) groups excluding carboxylic acids is 1. The number of thioether (sulfide) groups is 1. The van der Waals surface area contributed by atoms with Gasteiger partial charge in [0.25, 0.3) is 0 Å². The largest absolute Gasteiger partial charge is 0.486 e. The first kappa shape index (κ1) is 16.4. The van der Waals surface area contributed by atoms with E-state index in [1.807, 2.05) is 12.3 Å². The molecule has 0 atom stereocenters. The Kier molecular flexibility index (Phi) is 5.10. The second kappa shape index (κ2) is 7.44. The summed E-state index contributed by atoms with van der Waals surface area (Å²) in [5.41, 5.74) is 1.47. The normalized spacial score (nSPS) is 12.6. The monoisotopic (exact) mass is 348 g/mol. The number of hydrogen-bond donors (Lipinski definition) is 2. The zero-order valence-corrected chi connectivity index (χ0v) is 13.9. The van der Waals surface area contributed by atoms with Crippen molar-refractivity contribution in [2.45, 2.75) is 11.4 Å². The summed E-state index contributed by atoms with van der Waals surface area (Å²) in [4.78, 5) is 13.0. The van der Waals surface area contributed by atoms with Crippen LogP contribution in [0.25, 0.3) is 0 Å². The number of urea groups is 1. The second-order valence-electron chi connectivity index (χ2n) is 5.13. The van der Waals surface area contributed by atoms with Crippen LogP contribution in [0.5, 0.6) is 11.5 Å². The molecular formula is C17H17FN2O3S. The van der Waals surface area contributed by atoms with Crippen LogP contribution in [0.15, 0.2) is 41.3 Å². The number of anilines is 1. The zero-order chi connectivity index (χ0) is 16.9. The molecule has 0 saturated carbocycles. The average Bonchev–Trinajstić information content (AvgIpc) is 2.60. The van der Waals surface area contributed by atoms with Crippen LogP contribution in [0.4, 0.5) is 14.9 Å². The topological polar surface area (TPSA) is 59.6 Å². The number of nitrogens with one attached hydrogen (secondary N) is 2. The molecule has 2 amide bonds. The molecule has 0 saturated heterocycles. The van der Waals surface area contributed by atoms with Gasteiger partial charge in [-0.1, -0.05) is 12.1 Å². The van der Waals surface area contributed by atoms with Crippen molar-refractivity contribution in [3.05, 3.63) is 47.8 Å². The average molecular weight is 348 g/mol. The predicted octanol–water partition coefficient (Wildman–Crippen LogP) is 3.64. The van der Waals surface area contributed by atoms with Crippen LogP contribution < -0.4 is 20.1 Å². The van der Waals surface area contributed by atoms with Crippen LogP contribution in [0.3, 0.4) is 0 Å². The summed E-state index contributed by atoms with van der Waals surface area (Å²) >= 11 is 1.51. The maximum Gasteiger partial charge on any atom is 0.319 e. The summed E-state index contributed by atoms with van der Waals surface area (Å²) in [7, 11) is 0. The van der Waals surface area contributed by atoms with Crippen LogP contribution in [0.1, 0.15) is 5.56 Å². The first-order chi connectivity index (χ1) is 11.7. The van der Waals surface area contributed by atoms with Gasteiger partial charge in [0.15, 0.2) is 11.5 Å². The molecule has 0 bridgehead atoms. The third-order valence-corrected chi connectivity index (χ3v) is 4.26. The molecule has 1 aliphatic rings. The molecule has 0 unspecified atom stereocenters. The molecule has 2 N–H and O–H groups in total. The highest BCUT2D eigenvalue weighted by molar-refractivity contribution is 7.98. The Morgan fingerprint density at radius 3 is 2.50 bits per heavy atom. The van der Waals surface area contributed by atoms with Gasteiger partial charge in [-0.25, -0.2) is 9.18 Å². The van der Waals surface area contributed by atoms with Gasteiger partial charge in [-0.2, -0.15) is 0 Å². The summed E-state index contributed by atoms with van der Waals surface area (Å²) in [6.45, 7) is 1.32. The van der Waals surface area contributed by atoms with Crippen LogP contribution in [-0.2, 0) is 6.54 Å². The van der Waals surface area contributed by atoms with E-state index in [-0.39, 0.29) is 11.8 Å². The van der Waals surface area contributed by atoms with E-state index in [0.29, 0.717) is 36.9 Å². The van der Waals surface area contributed by atoms with Gasteiger partial charge in [0, 0.05) is 17.5 Å². The lowest BCUT2D eigenvalue weighted by Crippen LogP contribution is -2.28. The number of benzene rings is 2. The third-order valence-electron chi connectivity index (χ3n) is 3.48. The first-order valence-electron chi connectivity index (χ1n) is 7.42. The van der Waals surface area contributed by atoms with Gasteiger partial charge in [-0.3, -0.25) is 0 Å². The molecule has 0 aliphatic carbocycles. The smallest absolute Gasteiger partial charge is 0.319 e. The maximum absolute atomic E-state index is 12.9. The van der Waals surface area contributed by atoms with Crippen molar-refractivity contribution >= 4 is 23.5 Å². The van der Waals surface area contributed by atoms with Crippen LogP contribution in [0, 0.1) is 5.82 Å². The maximum atomic E-state index is 12.9. The van der Waals surface area contributed by atoms with Crippen molar-refractivity contribution in [3.63, 3.8) is 0 Å². The van der Waals surface area contributed by atoms with Gasteiger partial charge < -0.3 is 20.1 Å². The highest BCUT2D eigenvalue weighted by Gasteiger charge is 2.16. The van der Waals surface area contributed by atoms with Gasteiger partial charge in [0.2, 0.25) is 0 Å². The van der Waals surface area contributed by atoms with Crippen molar-refractivity contribution in [2.75, 3.05) is 24.8 Å². The van der Waals surface area contributed by atoms with Crippen LogP contribution in [0.2, 0.25) is 0 Å². The standard InChI is InChI=1S/C17H17FN2O3S/c1-24-16-9-15-14(22-6-7-23-15)8-13(16)20-17(21)19-10-11-2-4-12(18)5-3-11/h2-5,8-9H,6-7,10H2,1H3,(H2,19,20,21). The Bertz CT molecular complexity index is 737. The molecule has 1 aliphatic heterocycles. The van der Waals surface area contributed by atoms with Gasteiger partial charge >= 0.3 is 6.03 Å². The minimum Gasteiger partial charge on any atom is -0.486 e. The fraction of sp³-hybridized carbons (Fsp3) is 0.235. The van der Waals surface area contributed by atoms with E-state index in [1.165, 1.54) is 23.9 Å². The lowest BCUT2D eigenvalue weighted by Gasteiger charge is -2.21. The number of hydrogen-bond acceptors (Lipinski definition) is 4. The van der Waals surface area contributed by atoms with Crippen molar-refractivity contribution in [1.29, 1.82) is 0 Å². The fourth-order valence-electron chi connectivity index (χ4n) is 2.29. The van der Waals surface area contributed by atoms with Crippen LogP contribution in [-0.4, -0.2) is 25.5 Å². The fourth-order valence-corrected chi connectivity index (χ4v) is 2.84. The minimum atomic E-state index is -0.341. The quantitative estimate of drug-likeness (QED) is 0.828. The molecule has 5 nitrogen and oxygen atoms in total. The SMILES string of the molecule is CSc1cc2c(cc1NC(=O)NCc1ccc(F)cc1)OCCO2. The van der Waals surface area contributed by atoms with E-state index in [2.05, 4.69) is 10.6 Å². The minimum absolute atomic E-state index is 0.302. The van der Waals surface area contributed by atoms with E-state index < -0.39 is 0 Å². The number of carbonyl (C=O) groups is 1. The number of ether oxygens (including phenoxy) is 2. The van der Waals surface area contributed by atoms with E-state index in [1.54, 1.807) is 18.2 Å². The Balaban J connectivity index is 1.66. The summed E-state index contributed by atoms with van der Waals surface area (Å²) in [5, 5.41) is 5.56. The van der Waals surface area contributed by atoms with E-state index in [4.69, 9.17) is 9.47 Å². The van der Waals surface area contributed by atoms with Crippen LogP contribution >= 0.6 is 11.8 Å². The molecule has 0 aromatic heterocycles. The lowest BCUT2D eigenvalue weighted by molar-refractivity contribution is 0.171. The van der Waals surface area contributed by atoms with E-state index in [0.717, 1.165) is 10.5 Å². The van der Waals surface area contributed by atoms with E-state index in [9.17, 15) is 9.18 Å². The highest BCUT2D eigenvalue weighted by Crippen LogP contribution is 2.39. The molecule has 0 radical (unpaired) electrons. The van der Waals surface area contributed by atoms with Gasteiger partial charge in [0.1, 0.15) is 19.0 Å². The molecule has 1 heterocycles. The molecule has 3 rings (SSSR count). The summed E-state index contributed by atoms with van der Waals surface area (Å²) in [6.07, 6.45) is 1.92. The second-order valence-corrected chi connectivity index (χ2v) is 5.98. The predicted molar refractivity (Wildman–Crippen MR) is 91.5 cm³/mol. The molecule has 0 spiro atoms. The molecule has 0 fully saturated rings. The number of rotatable bonds is 4. The van der Waals surface area contributed by atoms with Gasteiger partial charge in [-0.15, -0.1) is 11.8 Å². The summed E-state index contributed by atoms with van der Waals surface area (Å²) in [6, 6.07) is 9.27. The Hall–Kier alpha value is -2.41. The number of halogens is 1. The molecule has 7 heteroatoms. The van der Waals surface area contributed by atoms with Crippen molar-refractivity contribution < 1.29 is 18.7 Å². The Labute approximate surface area is 143 Å². The van der Waals surface area contributed by atoms with Gasteiger partial charge in [0.05, 0.1) is 5.69 Å². The zero-order valence-electron chi connectivity index (χ0n) is 13.1. The third kappa shape index (κ3) is 3.91. The first-order valence-corrected chi connectivity index (χ1v) is 8.65. The Morgan fingerprint density at radius 2 is 1.83 bits per heavy atom. The highest BCUT2D eigenvalue weighted by atomic mass is 32.2. The lowest BCUT2D eigenvalue weighted by atomic mass is 10.2. The summed E-state index contributed by atoms with van der Waals surface area (Å²) < 4.78 is 24.0. The number of amides is 2. The molecule has 24 heavy (non-hydrogen) atoms. The van der Waals surface area contributed by atoms with Gasteiger partial charge in [-0.05, 0) is 30.0 Å². The summed E-state index contributed by atoms with van der Waals surface area (Å²) in [5.74, 6) is 1.000. The number of fused-ring (bicyclic) bond motifs is 1. The molecule has 2 aromatic carbocycles. The van der Waals surface area contributed by atoms with Crippen molar-refractivity contribution in [3.8, 4) is 11.5 Å². The molecule has 2 aromatic rings. The Morgan fingerprint density at radius 1 is 1.17 bits per heavy atom. The van der Waals surface area contributed by atoms with Crippen molar-refractivity contribution in [1.82, 2.24) is 5.32 Å². The van der Waals surface area contributed by atoms with Crippen molar-refractivity contribution in [2.24, 2.45) is 0 Å². The molecule has 126 valence electrons. The molecular weight excluding hydrogens is 331 g/mol. The van der Waals surface area contributed by atoms with E-state index >= 15 is 0 Å².